The first-order valence-corrected chi connectivity index (χ1v) is 7.31. The van der Waals surface area contributed by atoms with E-state index in [0.29, 0.717) is 6.54 Å². The molecule has 1 aliphatic rings. The van der Waals surface area contributed by atoms with E-state index in [2.05, 4.69) is 15.0 Å². The summed E-state index contributed by atoms with van der Waals surface area (Å²) in [5.41, 5.74) is 2.52. The number of hydrogen-bond donors (Lipinski definition) is 0. The summed E-state index contributed by atoms with van der Waals surface area (Å²) in [5, 5.41) is 3.96. The lowest BCUT2D eigenvalue weighted by Crippen LogP contribution is -2.31. The van der Waals surface area contributed by atoms with Gasteiger partial charge in [-0.1, -0.05) is 5.16 Å². The van der Waals surface area contributed by atoms with Crippen molar-refractivity contribution in [3.63, 3.8) is 0 Å². The summed E-state index contributed by atoms with van der Waals surface area (Å²) in [6.07, 6.45) is 2.30. The molecule has 0 spiro atoms. The Morgan fingerprint density at radius 3 is 2.57 bits per heavy atom. The highest BCUT2D eigenvalue weighted by molar-refractivity contribution is 5.35. The molecule has 3 rings (SSSR count). The summed E-state index contributed by atoms with van der Waals surface area (Å²) in [5.74, 6) is 1.52. The normalized spacial score (nSPS) is 14.9. The van der Waals surface area contributed by atoms with Gasteiger partial charge in [-0.2, -0.15) is 0 Å². The van der Waals surface area contributed by atoms with E-state index in [-0.39, 0.29) is 5.56 Å². The van der Waals surface area contributed by atoms with Crippen LogP contribution >= 0.6 is 0 Å². The molecule has 3 heterocycles. The molecule has 0 radical (unpaired) electrons. The third kappa shape index (κ3) is 2.57. The lowest BCUT2D eigenvalue weighted by molar-refractivity contribution is 0.392. The van der Waals surface area contributed by atoms with Crippen molar-refractivity contribution < 1.29 is 4.52 Å². The molecule has 112 valence electrons. The highest BCUT2D eigenvalue weighted by Gasteiger charge is 2.20. The second-order valence-corrected chi connectivity index (χ2v) is 5.62. The van der Waals surface area contributed by atoms with E-state index in [1.54, 1.807) is 10.6 Å². The zero-order valence-electron chi connectivity index (χ0n) is 12.7. The first kappa shape index (κ1) is 13.9. The molecular formula is C15H20N4O2. The van der Waals surface area contributed by atoms with E-state index in [9.17, 15) is 4.79 Å². The minimum atomic E-state index is -0.0237. The fourth-order valence-electron chi connectivity index (χ4n) is 2.80. The molecule has 0 atom stereocenters. The second kappa shape index (κ2) is 5.35. The van der Waals surface area contributed by atoms with Crippen LogP contribution in [0.5, 0.6) is 0 Å². The van der Waals surface area contributed by atoms with Crippen LogP contribution in [0, 0.1) is 20.8 Å². The van der Waals surface area contributed by atoms with Crippen LogP contribution in [0.3, 0.4) is 0 Å². The largest absolute Gasteiger partial charge is 0.361 e. The van der Waals surface area contributed by atoms with Gasteiger partial charge in [-0.15, -0.1) is 0 Å². The van der Waals surface area contributed by atoms with Crippen molar-refractivity contribution in [1.29, 1.82) is 0 Å². The van der Waals surface area contributed by atoms with Gasteiger partial charge in [-0.25, -0.2) is 4.98 Å². The molecular weight excluding hydrogens is 268 g/mol. The zero-order valence-corrected chi connectivity index (χ0v) is 12.7. The molecule has 6 heteroatoms. The monoisotopic (exact) mass is 288 g/mol. The van der Waals surface area contributed by atoms with Gasteiger partial charge in [0.1, 0.15) is 5.76 Å². The number of anilines is 1. The fourth-order valence-corrected chi connectivity index (χ4v) is 2.80. The molecule has 0 aliphatic carbocycles. The van der Waals surface area contributed by atoms with E-state index in [1.165, 1.54) is 0 Å². The highest BCUT2D eigenvalue weighted by Crippen LogP contribution is 2.20. The lowest BCUT2D eigenvalue weighted by Gasteiger charge is -2.21. The molecule has 1 saturated heterocycles. The van der Waals surface area contributed by atoms with Crippen molar-refractivity contribution >= 4 is 5.95 Å². The first-order chi connectivity index (χ1) is 10.1. The van der Waals surface area contributed by atoms with E-state index in [0.717, 1.165) is 54.6 Å². The van der Waals surface area contributed by atoms with E-state index >= 15 is 0 Å². The SMILES string of the molecule is Cc1cc(=O)n(Cc2c(C)noc2C)c(N2CCCC2)n1. The number of aryl methyl sites for hydroxylation is 3. The van der Waals surface area contributed by atoms with Gasteiger partial charge in [-0.3, -0.25) is 9.36 Å². The van der Waals surface area contributed by atoms with Gasteiger partial charge >= 0.3 is 0 Å². The minimum Gasteiger partial charge on any atom is -0.361 e. The summed E-state index contributed by atoms with van der Waals surface area (Å²) in [7, 11) is 0. The van der Waals surface area contributed by atoms with Crippen molar-refractivity contribution in [3.05, 3.63) is 39.1 Å². The third-order valence-electron chi connectivity index (χ3n) is 4.00. The van der Waals surface area contributed by atoms with Crippen molar-refractivity contribution in [2.45, 2.75) is 40.2 Å². The molecule has 0 N–H and O–H groups in total. The smallest absolute Gasteiger partial charge is 0.255 e. The molecule has 6 nitrogen and oxygen atoms in total. The average Bonchev–Trinajstić information content (AvgIpc) is 3.06. The predicted molar refractivity (Wildman–Crippen MR) is 79.8 cm³/mol. The maximum atomic E-state index is 12.4. The van der Waals surface area contributed by atoms with Crippen molar-refractivity contribution in [1.82, 2.24) is 14.7 Å². The quantitative estimate of drug-likeness (QED) is 0.861. The van der Waals surface area contributed by atoms with Gasteiger partial charge < -0.3 is 9.42 Å². The topological polar surface area (TPSA) is 64.2 Å². The predicted octanol–water partition coefficient (Wildman–Crippen LogP) is 1.81. The summed E-state index contributed by atoms with van der Waals surface area (Å²) in [6.45, 7) is 8.00. The molecule has 21 heavy (non-hydrogen) atoms. The van der Waals surface area contributed by atoms with Crippen LogP contribution in [-0.4, -0.2) is 27.8 Å². The molecule has 1 aliphatic heterocycles. The van der Waals surface area contributed by atoms with Crippen LogP contribution in [0.2, 0.25) is 0 Å². The average molecular weight is 288 g/mol. The Hall–Kier alpha value is -2.11. The van der Waals surface area contributed by atoms with Gasteiger partial charge in [0, 0.05) is 30.4 Å². The van der Waals surface area contributed by atoms with Crippen LogP contribution < -0.4 is 10.5 Å². The molecule has 0 aromatic carbocycles. The summed E-state index contributed by atoms with van der Waals surface area (Å²) in [4.78, 5) is 19.2. The Morgan fingerprint density at radius 1 is 1.24 bits per heavy atom. The maximum Gasteiger partial charge on any atom is 0.255 e. The van der Waals surface area contributed by atoms with Crippen LogP contribution in [-0.2, 0) is 6.54 Å². The van der Waals surface area contributed by atoms with Crippen LogP contribution in [0.1, 0.15) is 35.6 Å². The molecule has 0 amide bonds. The van der Waals surface area contributed by atoms with Crippen LogP contribution in [0.25, 0.3) is 0 Å². The van der Waals surface area contributed by atoms with E-state index in [1.807, 2.05) is 20.8 Å². The number of rotatable bonds is 3. The fraction of sp³-hybridized carbons (Fsp3) is 0.533. The Labute approximate surface area is 123 Å². The van der Waals surface area contributed by atoms with Crippen molar-refractivity contribution in [2.75, 3.05) is 18.0 Å². The highest BCUT2D eigenvalue weighted by atomic mass is 16.5. The van der Waals surface area contributed by atoms with Crippen molar-refractivity contribution in [2.24, 2.45) is 0 Å². The van der Waals surface area contributed by atoms with Crippen LogP contribution in [0.4, 0.5) is 5.95 Å². The standard InChI is InChI=1S/C15H20N4O2/c1-10-8-14(20)19(9-13-11(2)17-21-12(13)3)15(16-10)18-6-4-5-7-18/h8H,4-7,9H2,1-3H3. The zero-order chi connectivity index (χ0) is 15.0. The molecule has 0 unspecified atom stereocenters. The Kier molecular flexibility index (Phi) is 3.53. The van der Waals surface area contributed by atoms with Gasteiger partial charge in [0.2, 0.25) is 5.95 Å². The summed E-state index contributed by atoms with van der Waals surface area (Å²) in [6, 6.07) is 1.58. The first-order valence-electron chi connectivity index (χ1n) is 7.31. The minimum absolute atomic E-state index is 0.0237. The van der Waals surface area contributed by atoms with Gasteiger partial charge in [0.25, 0.3) is 5.56 Å². The lowest BCUT2D eigenvalue weighted by atomic mass is 10.2. The molecule has 2 aromatic rings. The summed E-state index contributed by atoms with van der Waals surface area (Å²) >= 11 is 0. The molecule has 0 saturated carbocycles. The molecule has 0 bridgehead atoms. The third-order valence-corrected chi connectivity index (χ3v) is 4.00. The van der Waals surface area contributed by atoms with Gasteiger partial charge in [0.05, 0.1) is 12.2 Å². The van der Waals surface area contributed by atoms with Crippen LogP contribution in [0.15, 0.2) is 15.4 Å². The van der Waals surface area contributed by atoms with E-state index in [4.69, 9.17) is 4.52 Å². The van der Waals surface area contributed by atoms with Crippen molar-refractivity contribution in [3.8, 4) is 0 Å². The second-order valence-electron chi connectivity index (χ2n) is 5.62. The Balaban J connectivity index is 2.06. The number of nitrogens with zero attached hydrogens (tertiary/aromatic N) is 4. The summed E-state index contributed by atoms with van der Waals surface area (Å²) < 4.78 is 6.92. The van der Waals surface area contributed by atoms with Gasteiger partial charge in [-0.05, 0) is 33.6 Å². The number of aromatic nitrogens is 3. The molecule has 1 fully saturated rings. The Bertz CT molecular complexity index is 691. The van der Waals surface area contributed by atoms with E-state index < -0.39 is 0 Å². The van der Waals surface area contributed by atoms with Gasteiger partial charge in [0.15, 0.2) is 0 Å². The molecule has 2 aromatic heterocycles. The maximum absolute atomic E-state index is 12.4. The Morgan fingerprint density at radius 2 is 1.95 bits per heavy atom. The number of hydrogen-bond acceptors (Lipinski definition) is 5.